The smallest absolute Gasteiger partial charge is 0.238 e. The SMILES string of the molecule is C[C@@H]1CN(C(=O)CSCc2nc3ccccc3s2)c2cccnc2O1. The summed E-state index contributed by atoms with van der Waals surface area (Å²) in [6.07, 6.45) is 1.63. The predicted octanol–water partition coefficient (Wildman–Crippen LogP) is 3.74. The first-order valence-corrected chi connectivity index (χ1v) is 10.0. The van der Waals surface area contributed by atoms with Gasteiger partial charge in [-0.25, -0.2) is 9.97 Å². The van der Waals surface area contributed by atoms with E-state index in [1.807, 2.05) is 37.3 Å². The fourth-order valence-corrected chi connectivity index (χ4v) is 4.70. The van der Waals surface area contributed by atoms with Crippen molar-refractivity contribution >= 4 is 44.9 Å². The Morgan fingerprint density at radius 1 is 1.36 bits per heavy atom. The Bertz CT molecular complexity index is 879. The van der Waals surface area contributed by atoms with Crippen molar-refractivity contribution in [2.45, 2.75) is 18.8 Å². The van der Waals surface area contributed by atoms with Crippen LogP contribution in [0.4, 0.5) is 5.69 Å². The number of carbonyl (C=O) groups is 1. The monoisotopic (exact) mass is 371 g/mol. The zero-order valence-electron chi connectivity index (χ0n) is 13.7. The molecule has 1 amide bonds. The number of thioether (sulfide) groups is 1. The van der Waals surface area contributed by atoms with Crippen LogP contribution >= 0.6 is 23.1 Å². The lowest BCUT2D eigenvalue weighted by Crippen LogP contribution is -2.43. The molecule has 3 heterocycles. The van der Waals surface area contributed by atoms with Crippen molar-refractivity contribution < 1.29 is 9.53 Å². The summed E-state index contributed by atoms with van der Waals surface area (Å²) in [6, 6.07) is 11.8. The second-order valence-corrected chi connectivity index (χ2v) is 7.93. The zero-order valence-corrected chi connectivity index (χ0v) is 15.3. The summed E-state index contributed by atoms with van der Waals surface area (Å²) < 4.78 is 6.89. The van der Waals surface area contributed by atoms with Crippen molar-refractivity contribution in [1.29, 1.82) is 0 Å². The van der Waals surface area contributed by atoms with E-state index in [0.29, 0.717) is 18.2 Å². The molecule has 0 N–H and O–H groups in total. The van der Waals surface area contributed by atoms with Gasteiger partial charge in [0, 0.05) is 11.9 Å². The molecule has 3 aromatic rings. The highest BCUT2D eigenvalue weighted by Crippen LogP contribution is 2.31. The maximum Gasteiger partial charge on any atom is 0.238 e. The average Bonchev–Trinajstić information content (AvgIpc) is 3.03. The molecule has 5 nitrogen and oxygen atoms in total. The van der Waals surface area contributed by atoms with Gasteiger partial charge in [-0.1, -0.05) is 12.1 Å². The molecule has 1 aliphatic rings. The number of aromatic nitrogens is 2. The van der Waals surface area contributed by atoms with E-state index in [-0.39, 0.29) is 12.0 Å². The number of carbonyl (C=O) groups excluding carboxylic acids is 1. The van der Waals surface area contributed by atoms with Gasteiger partial charge in [0.25, 0.3) is 0 Å². The molecule has 1 aromatic carbocycles. The number of fused-ring (bicyclic) bond motifs is 2. The molecule has 0 fully saturated rings. The third-order valence-electron chi connectivity index (χ3n) is 3.88. The first-order chi connectivity index (χ1) is 12.2. The Kier molecular flexibility index (Phi) is 4.59. The van der Waals surface area contributed by atoms with Crippen LogP contribution in [0.5, 0.6) is 5.88 Å². The normalized spacial score (nSPS) is 16.5. The number of hydrogen-bond acceptors (Lipinski definition) is 6. The second-order valence-electron chi connectivity index (χ2n) is 5.83. The molecule has 0 unspecified atom stereocenters. The molecular formula is C18H17N3O2S2. The lowest BCUT2D eigenvalue weighted by Gasteiger charge is -2.32. The number of ether oxygens (including phenoxy) is 1. The summed E-state index contributed by atoms with van der Waals surface area (Å²) in [7, 11) is 0. The predicted molar refractivity (Wildman–Crippen MR) is 102 cm³/mol. The highest BCUT2D eigenvalue weighted by atomic mass is 32.2. The van der Waals surface area contributed by atoms with E-state index >= 15 is 0 Å². The van der Waals surface area contributed by atoms with Gasteiger partial charge in [-0.05, 0) is 31.2 Å². The maximum atomic E-state index is 12.7. The minimum absolute atomic E-state index is 0.0550. The van der Waals surface area contributed by atoms with E-state index < -0.39 is 0 Å². The fourth-order valence-electron chi connectivity index (χ4n) is 2.78. The van der Waals surface area contributed by atoms with Crippen molar-refractivity contribution in [2.75, 3.05) is 17.2 Å². The fraction of sp³-hybridized carbons (Fsp3) is 0.278. The minimum atomic E-state index is -0.0550. The highest BCUT2D eigenvalue weighted by molar-refractivity contribution is 7.99. The topological polar surface area (TPSA) is 55.3 Å². The molecule has 0 aliphatic carbocycles. The quantitative estimate of drug-likeness (QED) is 0.699. The number of thiazole rings is 1. The number of pyridine rings is 1. The molecule has 0 saturated carbocycles. The zero-order chi connectivity index (χ0) is 17.2. The van der Waals surface area contributed by atoms with E-state index in [4.69, 9.17) is 4.74 Å². The summed E-state index contributed by atoms with van der Waals surface area (Å²) in [5, 5.41) is 1.05. The molecule has 0 saturated heterocycles. The number of benzene rings is 1. The van der Waals surface area contributed by atoms with Gasteiger partial charge in [0.2, 0.25) is 11.8 Å². The van der Waals surface area contributed by atoms with Gasteiger partial charge in [0.15, 0.2) is 0 Å². The van der Waals surface area contributed by atoms with Gasteiger partial charge in [-0.15, -0.1) is 23.1 Å². The number of amides is 1. The van der Waals surface area contributed by atoms with Crippen molar-refractivity contribution in [3.8, 4) is 5.88 Å². The Morgan fingerprint density at radius 2 is 2.24 bits per heavy atom. The summed E-state index contributed by atoms with van der Waals surface area (Å²) in [5.41, 5.74) is 1.78. The van der Waals surface area contributed by atoms with Crippen LogP contribution in [0.1, 0.15) is 11.9 Å². The second kappa shape index (κ2) is 7.01. The average molecular weight is 371 g/mol. The Labute approximate surface area is 154 Å². The number of hydrogen-bond donors (Lipinski definition) is 0. The van der Waals surface area contributed by atoms with E-state index in [1.165, 1.54) is 4.70 Å². The molecular weight excluding hydrogens is 354 g/mol. The Hall–Kier alpha value is -2.12. The standard InChI is InChI=1S/C18H17N3O2S2/c1-12-9-21(14-6-4-8-19-18(14)23-12)17(22)11-24-10-16-20-13-5-2-3-7-15(13)25-16/h2-8,12H,9-11H2,1H3/t12-/m1/s1. The molecule has 4 rings (SSSR count). The van der Waals surface area contributed by atoms with Crippen LogP contribution in [0.3, 0.4) is 0 Å². The third kappa shape index (κ3) is 3.48. The molecule has 1 atom stereocenters. The van der Waals surface area contributed by atoms with Crippen LogP contribution in [0.25, 0.3) is 10.2 Å². The first-order valence-electron chi connectivity index (χ1n) is 8.05. The maximum absolute atomic E-state index is 12.7. The number of rotatable bonds is 4. The molecule has 128 valence electrons. The molecule has 0 spiro atoms. The van der Waals surface area contributed by atoms with E-state index in [0.717, 1.165) is 22.0 Å². The van der Waals surface area contributed by atoms with Crippen LogP contribution in [0.15, 0.2) is 42.6 Å². The lowest BCUT2D eigenvalue weighted by molar-refractivity contribution is -0.116. The molecule has 1 aliphatic heterocycles. The Morgan fingerprint density at radius 3 is 3.12 bits per heavy atom. The van der Waals surface area contributed by atoms with Gasteiger partial charge in [0.1, 0.15) is 16.8 Å². The molecule has 0 radical (unpaired) electrons. The van der Waals surface area contributed by atoms with Crippen molar-refractivity contribution in [1.82, 2.24) is 9.97 Å². The summed E-state index contributed by atoms with van der Waals surface area (Å²) in [5.74, 6) is 1.77. The molecule has 2 aromatic heterocycles. The van der Waals surface area contributed by atoms with Crippen molar-refractivity contribution in [3.63, 3.8) is 0 Å². The Balaban J connectivity index is 1.40. The number of para-hydroxylation sites is 1. The van der Waals surface area contributed by atoms with Crippen LogP contribution in [-0.2, 0) is 10.5 Å². The van der Waals surface area contributed by atoms with Gasteiger partial charge in [-0.3, -0.25) is 4.79 Å². The van der Waals surface area contributed by atoms with Crippen LogP contribution in [0, 0.1) is 0 Å². The van der Waals surface area contributed by atoms with Crippen molar-refractivity contribution in [3.05, 3.63) is 47.6 Å². The van der Waals surface area contributed by atoms with Crippen LogP contribution in [-0.4, -0.2) is 34.3 Å². The van der Waals surface area contributed by atoms with Crippen molar-refractivity contribution in [2.24, 2.45) is 0 Å². The summed E-state index contributed by atoms with van der Waals surface area (Å²) in [4.78, 5) is 23.3. The summed E-state index contributed by atoms with van der Waals surface area (Å²) >= 11 is 3.28. The van der Waals surface area contributed by atoms with Gasteiger partial charge in [0.05, 0.1) is 22.5 Å². The molecule has 25 heavy (non-hydrogen) atoms. The number of anilines is 1. The van der Waals surface area contributed by atoms with E-state index in [2.05, 4.69) is 16.0 Å². The van der Waals surface area contributed by atoms with E-state index in [1.54, 1.807) is 34.2 Å². The van der Waals surface area contributed by atoms with E-state index in [9.17, 15) is 4.79 Å². The van der Waals surface area contributed by atoms with Gasteiger partial charge < -0.3 is 9.64 Å². The largest absolute Gasteiger partial charge is 0.471 e. The number of nitrogens with zero attached hydrogens (tertiary/aromatic N) is 3. The minimum Gasteiger partial charge on any atom is -0.471 e. The first kappa shape index (κ1) is 16.4. The van der Waals surface area contributed by atoms with Crippen LogP contribution in [0.2, 0.25) is 0 Å². The molecule has 0 bridgehead atoms. The third-order valence-corrected chi connectivity index (χ3v) is 6.03. The van der Waals surface area contributed by atoms with Crippen LogP contribution < -0.4 is 9.64 Å². The molecule has 7 heteroatoms. The highest BCUT2D eigenvalue weighted by Gasteiger charge is 2.28. The lowest BCUT2D eigenvalue weighted by atomic mass is 10.2. The summed E-state index contributed by atoms with van der Waals surface area (Å²) in [6.45, 7) is 2.51. The van der Waals surface area contributed by atoms with Gasteiger partial charge in [-0.2, -0.15) is 0 Å². The van der Waals surface area contributed by atoms with Gasteiger partial charge >= 0.3 is 0 Å².